The van der Waals surface area contributed by atoms with Gasteiger partial charge in [-0.25, -0.2) is 4.68 Å². The van der Waals surface area contributed by atoms with Crippen molar-refractivity contribution in [1.82, 2.24) is 14.7 Å². The third-order valence-electron chi connectivity index (χ3n) is 7.36. The van der Waals surface area contributed by atoms with E-state index in [-0.39, 0.29) is 11.8 Å². The maximum atomic E-state index is 13.0. The molecule has 2 heterocycles. The zero-order valence-electron chi connectivity index (χ0n) is 19.6. The van der Waals surface area contributed by atoms with Gasteiger partial charge in [0.15, 0.2) is 0 Å². The van der Waals surface area contributed by atoms with Gasteiger partial charge in [0, 0.05) is 12.0 Å². The Bertz CT molecular complexity index is 1070. The first-order chi connectivity index (χ1) is 16.7. The zero-order valence-corrected chi connectivity index (χ0v) is 19.6. The molecule has 0 radical (unpaired) electrons. The number of benzene rings is 2. The fourth-order valence-electron chi connectivity index (χ4n) is 5.41. The monoisotopic (exact) mass is 458 g/mol. The first-order valence-corrected chi connectivity index (χ1v) is 12.6. The van der Waals surface area contributed by atoms with Crippen LogP contribution in [0.2, 0.25) is 0 Å². The predicted molar refractivity (Wildman–Crippen MR) is 134 cm³/mol. The van der Waals surface area contributed by atoms with Gasteiger partial charge in [-0.3, -0.25) is 9.69 Å². The number of para-hydroxylation sites is 1. The summed E-state index contributed by atoms with van der Waals surface area (Å²) in [7, 11) is 0. The number of amides is 1. The lowest BCUT2D eigenvalue weighted by molar-refractivity contribution is -0.117. The Morgan fingerprint density at radius 2 is 1.62 bits per heavy atom. The molecule has 1 aliphatic carbocycles. The van der Waals surface area contributed by atoms with Crippen LogP contribution in [0.4, 0.5) is 5.82 Å². The number of carbonyl (C=O) groups is 1. The van der Waals surface area contributed by atoms with Crippen LogP contribution in [-0.4, -0.2) is 45.3 Å². The highest BCUT2D eigenvalue weighted by molar-refractivity contribution is 5.91. The van der Waals surface area contributed by atoms with Gasteiger partial charge in [0.2, 0.25) is 5.91 Å². The molecule has 2 aliphatic rings. The fraction of sp³-hybridized carbons (Fsp3) is 0.429. The Morgan fingerprint density at radius 1 is 0.971 bits per heavy atom. The van der Waals surface area contributed by atoms with Crippen LogP contribution in [0.1, 0.15) is 61.8 Å². The van der Waals surface area contributed by atoms with E-state index in [9.17, 15) is 9.90 Å². The van der Waals surface area contributed by atoms with E-state index in [2.05, 4.69) is 16.3 Å². The lowest BCUT2D eigenvalue weighted by Crippen LogP contribution is -2.40. The summed E-state index contributed by atoms with van der Waals surface area (Å²) >= 11 is 0. The van der Waals surface area contributed by atoms with Gasteiger partial charge in [-0.1, -0.05) is 61.4 Å². The van der Waals surface area contributed by atoms with E-state index in [1.807, 2.05) is 65.3 Å². The molecule has 178 valence electrons. The molecule has 2 N–H and O–H groups in total. The number of anilines is 1. The smallest absolute Gasteiger partial charge is 0.239 e. The van der Waals surface area contributed by atoms with Gasteiger partial charge >= 0.3 is 0 Å². The lowest BCUT2D eigenvalue weighted by atomic mass is 9.87. The topological polar surface area (TPSA) is 70.4 Å². The SMILES string of the molecule is O=C(CN1CCC(C(O)c2ccccc2)CC1)Nc1cc(C2CCCC2)nn1-c1ccccc1. The average Bonchev–Trinajstić information content (AvgIpc) is 3.56. The van der Waals surface area contributed by atoms with Gasteiger partial charge < -0.3 is 10.4 Å². The molecular weight excluding hydrogens is 424 g/mol. The maximum Gasteiger partial charge on any atom is 0.239 e. The second kappa shape index (κ2) is 10.5. The van der Waals surface area contributed by atoms with Crippen LogP contribution in [0.15, 0.2) is 66.7 Å². The quantitative estimate of drug-likeness (QED) is 0.528. The summed E-state index contributed by atoms with van der Waals surface area (Å²) < 4.78 is 1.87. The summed E-state index contributed by atoms with van der Waals surface area (Å²) in [5.74, 6) is 1.44. The Morgan fingerprint density at radius 3 is 2.29 bits per heavy atom. The first-order valence-electron chi connectivity index (χ1n) is 12.6. The van der Waals surface area contributed by atoms with E-state index in [0.717, 1.165) is 48.7 Å². The Labute approximate surface area is 201 Å². The highest BCUT2D eigenvalue weighted by Crippen LogP contribution is 2.35. The molecular formula is C28H34N4O2. The predicted octanol–water partition coefficient (Wildman–Crippen LogP) is 4.91. The number of nitrogens with one attached hydrogen (secondary N) is 1. The van der Waals surface area contributed by atoms with Crippen molar-refractivity contribution < 1.29 is 9.90 Å². The van der Waals surface area contributed by atoms with Crippen LogP contribution in [0.25, 0.3) is 5.69 Å². The second-order valence-electron chi connectivity index (χ2n) is 9.70. The molecule has 1 amide bonds. The maximum absolute atomic E-state index is 13.0. The molecule has 3 aromatic rings. The molecule has 1 aliphatic heterocycles. The molecule has 2 fully saturated rings. The molecule has 1 saturated heterocycles. The number of likely N-dealkylation sites (tertiary alicyclic amines) is 1. The minimum Gasteiger partial charge on any atom is -0.388 e. The second-order valence-corrected chi connectivity index (χ2v) is 9.70. The standard InChI is InChI=1S/C28H34N4O2/c33-27(20-31-17-15-23(16-18-31)28(34)22-11-3-1-4-12-22)29-26-19-25(21-9-7-8-10-21)30-32(26)24-13-5-2-6-14-24/h1-6,11-14,19,21,23,28,34H,7-10,15-18,20H2,(H,29,33). The molecule has 1 saturated carbocycles. The van der Waals surface area contributed by atoms with Crippen LogP contribution >= 0.6 is 0 Å². The number of hydrogen-bond donors (Lipinski definition) is 2. The third-order valence-corrected chi connectivity index (χ3v) is 7.36. The van der Waals surface area contributed by atoms with Gasteiger partial charge in [-0.15, -0.1) is 0 Å². The van der Waals surface area contributed by atoms with Gasteiger partial charge in [0.1, 0.15) is 5.82 Å². The van der Waals surface area contributed by atoms with Gasteiger partial charge in [0.05, 0.1) is 24.0 Å². The van der Waals surface area contributed by atoms with Crippen molar-refractivity contribution in [3.05, 3.63) is 78.0 Å². The van der Waals surface area contributed by atoms with Crippen molar-refractivity contribution in [3.63, 3.8) is 0 Å². The van der Waals surface area contributed by atoms with Crippen LogP contribution in [-0.2, 0) is 4.79 Å². The number of hydrogen-bond acceptors (Lipinski definition) is 4. The number of nitrogens with zero attached hydrogens (tertiary/aromatic N) is 3. The molecule has 5 rings (SSSR count). The van der Waals surface area contributed by atoms with E-state index < -0.39 is 6.10 Å². The van der Waals surface area contributed by atoms with Crippen molar-refractivity contribution in [2.45, 2.75) is 50.5 Å². The molecule has 2 aromatic carbocycles. The largest absolute Gasteiger partial charge is 0.388 e. The summed E-state index contributed by atoms with van der Waals surface area (Å²) in [6.45, 7) is 1.98. The van der Waals surface area contributed by atoms with Gasteiger partial charge in [0.25, 0.3) is 0 Å². The van der Waals surface area contributed by atoms with E-state index >= 15 is 0 Å². The van der Waals surface area contributed by atoms with E-state index in [1.54, 1.807) is 0 Å². The molecule has 6 nitrogen and oxygen atoms in total. The van der Waals surface area contributed by atoms with Gasteiger partial charge in [-0.05, 0) is 62.4 Å². The van der Waals surface area contributed by atoms with Crippen molar-refractivity contribution in [2.75, 3.05) is 25.0 Å². The molecule has 34 heavy (non-hydrogen) atoms. The number of piperidine rings is 1. The summed E-state index contributed by atoms with van der Waals surface area (Å²) in [4.78, 5) is 15.2. The zero-order chi connectivity index (χ0) is 23.3. The third kappa shape index (κ3) is 5.24. The van der Waals surface area contributed by atoms with Crippen LogP contribution in [0.3, 0.4) is 0 Å². The number of aromatic nitrogens is 2. The summed E-state index contributed by atoms with van der Waals surface area (Å²) in [5.41, 5.74) is 3.01. The molecule has 0 bridgehead atoms. The minimum atomic E-state index is -0.439. The fourth-order valence-corrected chi connectivity index (χ4v) is 5.41. The van der Waals surface area contributed by atoms with Crippen molar-refractivity contribution in [3.8, 4) is 5.69 Å². The molecule has 1 unspecified atom stereocenters. The summed E-state index contributed by atoms with van der Waals surface area (Å²) in [5, 5.41) is 18.7. The van der Waals surface area contributed by atoms with E-state index in [4.69, 9.17) is 5.10 Å². The van der Waals surface area contributed by atoms with Crippen molar-refractivity contribution >= 4 is 11.7 Å². The summed E-state index contributed by atoms with van der Waals surface area (Å²) in [6.07, 6.45) is 6.17. The molecule has 6 heteroatoms. The average molecular weight is 459 g/mol. The number of carbonyl (C=O) groups excluding carboxylic acids is 1. The van der Waals surface area contributed by atoms with Crippen LogP contribution in [0.5, 0.6) is 0 Å². The van der Waals surface area contributed by atoms with Crippen LogP contribution in [0, 0.1) is 5.92 Å². The lowest BCUT2D eigenvalue weighted by Gasteiger charge is -2.34. The Kier molecular flexibility index (Phi) is 7.07. The first kappa shape index (κ1) is 22.8. The van der Waals surface area contributed by atoms with Crippen LogP contribution < -0.4 is 5.32 Å². The van der Waals surface area contributed by atoms with Crippen molar-refractivity contribution in [1.29, 1.82) is 0 Å². The van der Waals surface area contributed by atoms with E-state index in [1.165, 1.54) is 25.7 Å². The Balaban J connectivity index is 1.21. The highest BCUT2D eigenvalue weighted by Gasteiger charge is 2.27. The Hall–Kier alpha value is -2.96. The molecule has 1 aromatic heterocycles. The molecule has 1 atom stereocenters. The normalized spacial score (nSPS) is 18.7. The number of aliphatic hydroxyl groups excluding tert-OH is 1. The van der Waals surface area contributed by atoms with E-state index in [0.29, 0.717) is 12.5 Å². The summed E-state index contributed by atoms with van der Waals surface area (Å²) in [6, 6.07) is 21.9. The van der Waals surface area contributed by atoms with Gasteiger partial charge in [-0.2, -0.15) is 5.10 Å². The minimum absolute atomic E-state index is 0.0166. The number of aliphatic hydroxyl groups is 1. The van der Waals surface area contributed by atoms with Crippen molar-refractivity contribution in [2.24, 2.45) is 5.92 Å². The number of rotatable bonds is 7. The highest BCUT2D eigenvalue weighted by atomic mass is 16.3. The molecule has 0 spiro atoms.